The molecule has 0 aliphatic rings. The van der Waals surface area contributed by atoms with Crippen molar-refractivity contribution in [3.63, 3.8) is 0 Å². The maximum atomic E-state index is 13.1. The molecule has 1 N–H and O–H groups in total. The Bertz CT molecular complexity index is 990. The number of benzene rings is 2. The zero-order chi connectivity index (χ0) is 23.2. The molecule has 2 aromatic carbocycles. The van der Waals surface area contributed by atoms with E-state index in [1.54, 1.807) is 38.3 Å². The standard InChI is InChI=1S/C23H32N2O5S/c1-7-21(18-9-14-22(29-5)16(3)15-18)24-23(26)17(4)25(31(6,27)28)19-10-12-20(13-11-19)30-8-2/h9-15,17,21H,7-8H2,1-6H3,(H,24,26)/t17-,21+/m0/s1. The highest BCUT2D eigenvalue weighted by atomic mass is 32.2. The monoisotopic (exact) mass is 448 g/mol. The number of hydrogen-bond donors (Lipinski definition) is 1. The van der Waals surface area contributed by atoms with Crippen LogP contribution in [0.3, 0.4) is 0 Å². The fourth-order valence-corrected chi connectivity index (χ4v) is 4.67. The molecule has 0 aliphatic carbocycles. The van der Waals surface area contributed by atoms with Gasteiger partial charge in [-0.3, -0.25) is 9.10 Å². The van der Waals surface area contributed by atoms with Crippen LogP contribution >= 0.6 is 0 Å². The number of rotatable bonds is 10. The molecule has 2 aromatic rings. The molecule has 0 bridgehead atoms. The Hall–Kier alpha value is -2.74. The number of nitrogens with one attached hydrogen (secondary N) is 1. The largest absolute Gasteiger partial charge is 0.496 e. The fraction of sp³-hybridized carbons (Fsp3) is 0.435. The summed E-state index contributed by atoms with van der Waals surface area (Å²) in [7, 11) is -2.08. The van der Waals surface area contributed by atoms with Crippen molar-refractivity contribution in [2.45, 2.75) is 46.2 Å². The summed E-state index contributed by atoms with van der Waals surface area (Å²) >= 11 is 0. The van der Waals surface area contributed by atoms with Gasteiger partial charge in [0.25, 0.3) is 0 Å². The van der Waals surface area contributed by atoms with Crippen LogP contribution in [0.4, 0.5) is 5.69 Å². The zero-order valence-corrected chi connectivity index (χ0v) is 19.8. The molecular formula is C23H32N2O5S. The molecule has 0 aliphatic heterocycles. The van der Waals surface area contributed by atoms with E-state index >= 15 is 0 Å². The van der Waals surface area contributed by atoms with Crippen LogP contribution in [0.5, 0.6) is 11.5 Å². The van der Waals surface area contributed by atoms with Gasteiger partial charge in [0, 0.05) is 0 Å². The number of amides is 1. The van der Waals surface area contributed by atoms with Crippen LogP contribution in [0.25, 0.3) is 0 Å². The third kappa shape index (κ3) is 6.13. The number of sulfonamides is 1. The summed E-state index contributed by atoms with van der Waals surface area (Å²) in [4.78, 5) is 13.1. The molecule has 0 radical (unpaired) electrons. The minimum absolute atomic E-state index is 0.249. The second-order valence-electron chi connectivity index (χ2n) is 7.36. The van der Waals surface area contributed by atoms with Gasteiger partial charge in [0.2, 0.25) is 15.9 Å². The summed E-state index contributed by atoms with van der Waals surface area (Å²) in [6, 6.07) is 11.2. The summed E-state index contributed by atoms with van der Waals surface area (Å²) in [6.07, 6.45) is 1.75. The molecule has 1 amide bonds. The van der Waals surface area contributed by atoms with E-state index in [0.717, 1.165) is 27.4 Å². The van der Waals surface area contributed by atoms with Crippen molar-refractivity contribution in [2.24, 2.45) is 0 Å². The van der Waals surface area contributed by atoms with Crippen molar-refractivity contribution >= 4 is 21.6 Å². The first-order chi connectivity index (χ1) is 14.6. The van der Waals surface area contributed by atoms with Gasteiger partial charge in [-0.1, -0.05) is 19.1 Å². The summed E-state index contributed by atoms with van der Waals surface area (Å²) in [6.45, 7) is 7.88. The van der Waals surface area contributed by atoms with Gasteiger partial charge in [0.1, 0.15) is 17.5 Å². The summed E-state index contributed by atoms with van der Waals surface area (Å²) in [5.41, 5.74) is 2.31. The lowest BCUT2D eigenvalue weighted by atomic mass is 10.0. The van der Waals surface area contributed by atoms with E-state index in [0.29, 0.717) is 24.5 Å². The Balaban J connectivity index is 2.26. The first-order valence-electron chi connectivity index (χ1n) is 10.3. The van der Waals surface area contributed by atoms with Gasteiger partial charge in [-0.2, -0.15) is 0 Å². The third-order valence-corrected chi connectivity index (χ3v) is 6.28. The van der Waals surface area contributed by atoms with Crippen LogP contribution < -0.4 is 19.1 Å². The Morgan fingerprint density at radius 3 is 2.26 bits per heavy atom. The molecule has 0 aromatic heterocycles. The lowest BCUT2D eigenvalue weighted by molar-refractivity contribution is -0.122. The number of aryl methyl sites for hydroxylation is 1. The Labute approximate surface area is 185 Å². The number of anilines is 1. The smallest absolute Gasteiger partial charge is 0.244 e. The summed E-state index contributed by atoms with van der Waals surface area (Å²) < 4.78 is 36.9. The van der Waals surface area contributed by atoms with Gasteiger partial charge < -0.3 is 14.8 Å². The average molecular weight is 449 g/mol. The van der Waals surface area contributed by atoms with E-state index in [1.807, 2.05) is 39.0 Å². The number of ether oxygens (including phenoxy) is 2. The Kier molecular flexibility index (Phi) is 8.33. The molecule has 0 fully saturated rings. The normalized spacial score (nSPS) is 13.2. The molecule has 0 unspecified atom stereocenters. The van der Waals surface area contributed by atoms with Crippen LogP contribution in [0.2, 0.25) is 0 Å². The molecule has 0 spiro atoms. The predicted molar refractivity (Wildman–Crippen MR) is 123 cm³/mol. The SMILES string of the molecule is CCOc1ccc(N([C@@H](C)C(=O)N[C@H](CC)c2ccc(OC)c(C)c2)S(C)(=O)=O)cc1. The zero-order valence-electron chi connectivity index (χ0n) is 19.0. The predicted octanol–water partition coefficient (Wildman–Crippen LogP) is 3.82. The van der Waals surface area contributed by atoms with Crippen LogP contribution in [0.15, 0.2) is 42.5 Å². The van der Waals surface area contributed by atoms with Gasteiger partial charge >= 0.3 is 0 Å². The minimum Gasteiger partial charge on any atom is -0.496 e. The number of methoxy groups -OCH3 is 1. The van der Waals surface area contributed by atoms with Crippen molar-refractivity contribution < 1.29 is 22.7 Å². The lowest BCUT2D eigenvalue weighted by Gasteiger charge is -2.30. The average Bonchev–Trinajstić information content (AvgIpc) is 2.72. The van der Waals surface area contributed by atoms with E-state index in [-0.39, 0.29) is 11.9 Å². The molecule has 7 nitrogen and oxygen atoms in total. The second-order valence-corrected chi connectivity index (χ2v) is 9.22. The summed E-state index contributed by atoms with van der Waals surface area (Å²) in [5.74, 6) is 1.04. The van der Waals surface area contributed by atoms with E-state index in [2.05, 4.69) is 5.32 Å². The minimum atomic E-state index is -3.70. The topological polar surface area (TPSA) is 84.9 Å². The van der Waals surface area contributed by atoms with E-state index in [4.69, 9.17) is 9.47 Å². The second kappa shape index (κ2) is 10.5. The van der Waals surface area contributed by atoms with Crippen LogP contribution in [0.1, 0.15) is 44.4 Å². The highest BCUT2D eigenvalue weighted by Crippen LogP contribution is 2.26. The lowest BCUT2D eigenvalue weighted by Crippen LogP contribution is -2.48. The van der Waals surface area contributed by atoms with Crippen LogP contribution in [0, 0.1) is 6.92 Å². The third-order valence-electron chi connectivity index (χ3n) is 5.04. The molecule has 2 atom stereocenters. The van der Waals surface area contributed by atoms with Crippen LogP contribution in [-0.2, 0) is 14.8 Å². The Morgan fingerprint density at radius 1 is 1.13 bits per heavy atom. The van der Waals surface area contributed by atoms with E-state index < -0.39 is 16.1 Å². The fourth-order valence-electron chi connectivity index (χ4n) is 3.50. The number of carbonyl (C=O) groups is 1. The van der Waals surface area contributed by atoms with Crippen molar-refractivity contribution in [1.82, 2.24) is 5.32 Å². The van der Waals surface area contributed by atoms with Gasteiger partial charge in [0.15, 0.2) is 0 Å². The van der Waals surface area contributed by atoms with Gasteiger partial charge in [0.05, 0.1) is 31.7 Å². The number of nitrogens with zero attached hydrogens (tertiary/aromatic N) is 1. The van der Waals surface area contributed by atoms with Gasteiger partial charge in [-0.15, -0.1) is 0 Å². The maximum Gasteiger partial charge on any atom is 0.244 e. The van der Waals surface area contributed by atoms with E-state index in [1.165, 1.54) is 0 Å². The summed E-state index contributed by atoms with van der Waals surface area (Å²) in [5, 5.41) is 2.99. The first-order valence-corrected chi connectivity index (χ1v) is 12.1. The van der Waals surface area contributed by atoms with Gasteiger partial charge in [-0.05, 0) is 68.7 Å². The number of carbonyl (C=O) groups excluding carboxylic acids is 1. The molecule has 8 heteroatoms. The molecule has 0 saturated carbocycles. The molecule has 0 saturated heterocycles. The highest BCUT2D eigenvalue weighted by Gasteiger charge is 2.30. The highest BCUT2D eigenvalue weighted by molar-refractivity contribution is 7.92. The maximum absolute atomic E-state index is 13.1. The molecule has 0 heterocycles. The molecule has 31 heavy (non-hydrogen) atoms. The Morgan fingerprint density at radius 2 is 1.77 bits per heavy atom. The van der Waals surface area contributed by atoms with Crippen molar-refractivity contribution in [3.8, 4) is 11.5 Å². The van der Waals surface area contributed by atoms with Crippen molar-refractivity contribution in [3.05, 3.63) is 53.6 Å². The molecular weight excluding hydrogens is 416 g/mol. The first kappa shape index (κ1) is 24.5. The van der Waals surface area contributed by atoms with Crippen molar-refractivity contribution in [1.29, 1.82) is 0 Å². The van der Waals surface area contributed by atoms with E-state index in [9.17, 15) is 13.2 Å². The van der Waals surface area contributed by atoms with Gasteiger partial charge in [-0.25, -0.2) is 8.42 Å². The van der Waals surface area contributed by atoms with Crippen molar-refractivity contribution in [2.75, 3.05) is 24.3 Å². The number of hydrogen-bond acceptors (Lipinski definition) is 5. The quantitative estimate of drug-likeness (QED) is 0.597. The van der Waals surface area contributed by atoms with Crippen LogP contribution in [-0.4, -0.2) is 40.3 Å². The molecule has 2 rings (SSSR count). The molecule has 170 valence electrons.